The van der Waals surface area contributed by atoms with Gasteiger partial charge in [0.15, 0.2) is 0 Å². The highest BCUT2D eigenvalue weighted by Crippen LogP contribution is 2.18. The molecule has 0 bridgehead atoms. The third kappa shape index (κ3) is 10.6. The van der Waals surface area contributed by atoms with Crippen molar-refractivity contribution in [2.45, 2.75) is 19.9 Å². The molecule has 11 heavy (non-hydrogen) atoms. The summed E-state index contributed by atoms with van der Waals surface area (Å²) in [5.41, 5.74) is 5.34. The maximum absolute atomic E-state index is 5.34. The number of nitrogens with one attached hydrogen (secondary N) is 1. The van der Waals surface area contributed by atoms with Crippen LogP contribution in [0, 0.1) is 0 Å². The van der Waals surface area contributed by atoms with Gasteiger partial charge in [0.1, 0.15) is 0 Å². The fourth-order valence-corrected chi connectivity index (χ4v) is 2.33. The topological polar surface area (TPSA) is 38.0 Å². The van der Waals surface area contributed by atoms with Crippen LogP contribution in [0.2, 0.25) is 0 Å². The normalized spacial score (nSPS) is 10.9. The van der Waals surface area contributed by atoms with E-state index in [4.69, 9.17) is 5.73 Å². The predicted molar refractivity (Wildman–Crippen MR) is 57.1 cm³/mol. The van der Waals surface area contributed by atoms with Gasteiger partial charge in [-0.1, -0.05) is 35.4 Å². The van der Waals surface area contributed by atoms with Crippen LogP contribution in [0.15, 0.2) is 0 Å². The molecule has 0 atom stereocenters. The first-order valence-electron chi connectivity index (χ1n) is 3.95. The number of nitrogens with two attached hydrogens (primary N) is 1. The minimum atomic E-state index is 0.607. The van der Waals surface area contributed by atoms with Crippen molar-refractivity contribution in [2.75, 3.05) is 24.6 Å². The standard InChI is InChI=1S/C7H18N2S2/c1-7(2)9-4-6-11-10-5-3-8/h7,9H,3-6,8H2,1-2H3. The quantitative estimate of drug-likeness (QED) is 0.474. The summed E-state index contributed by atoms with van der Waals surface area (Å²) in [6.07, 6.45) is 0. The second-order valence-electron chi connectivity index (χ2n) is 2.54. The SMILES string of the molecule is CC(C)NCCSSCCN. The Morgan fingerprint density at radius 3 is 2.45 bits per heavy atom. The van der Waals surface area contributed by atoms with Crippen LogP contribution in [0.5, 0.6) is 0 Å². The Morgan fingerprint density at radius 1 is 1.27 bits per heavy atom. The highest BCUT2D eigenvalue weighted by atomic mass is 33.1. The average Bonchev–Trinajstić information content (AvgIpc) is 1.96. The van der Waals surface area contributed by atoms with E-state index in [1.165, 1.54) is 5.75 Å². The zero-order valence-electron chi connectivity index (χ0n) is 7.30. The molecule has 0 unspecified atom stereocenters. The van der Waals surface area contributed by atoms with Crippen LogP contribution in [0.1, 0.15) is 13.8 Å². The summed E-state index contributed by atoms with van der Waals surface area (Å²) < 4.78 is 0. The summed E-state index contributed by atoms with van der Waals surface area (Å²) in [4.78, 5) is 0. The van der Waals surface area contributed by atoms with Gasteiger partial charge in [0.25, 0.3) is 0 Å². The molecule has 4 heteroatoms. The molecule has 0 spiro atoms. The molecule has 0 aromatic heterocycles. The van der Waals surface area contributed by atoms with Crippen LogP contribution in [-0.2, 0) is 0 Å². The van der Waals surface area contributed by atoms with Crippen LogP contribution in [0.25, 0.3) is 0 Å². The second kappa shape index (κ2) is 8.71. The van der Waals surface area contributed by atoms with E-state index in [1.54, 1.807) is 0 Å². The van der Waals surface area contributed by atoms with Crippen molar-refractivity contribution in [1.82, 2.24) is 5.32 Å². The fraction of sp³-hybridized carbons (Fsp3) is 1.00. The summed E-state index contributed by atoms with van der Waals surface area (Å²) in [5, 5.41) is 3.36. The van der Waals surface area contributed by atoms with Gasteiger partial charge in [-0.05, 0) is 0 Å². The summed E-state index contributed by atoms with van der Waals surface area (Å²) in [5.74, 6) is 2.23. The van der Waals surface area contributed by atoms with E-state index in [9.17, 15) is 0 Å². The van der Waals surface area contributed by atoms with Crippen molar-refractivity contribution >= 4 is 21.6 Å². The Bertz CT molecular complexity index is 78.8. The molecule has 0 radical (unpaired) electrons. The first-order valence-corrected chi connectivity index (χ1v) is 6.44. The third-order valence-corrected chi connectivity index (χ3v) is 3.46. The lowest BCUT2D eigenvalue weighted by Crippen LogP contribution is -2.24. The Balaban J connectivity index is 2.80. The Kier molecular flexibility index (Phi) is 9.21. The molecule has 0 saturated carbocycles. The van der Waals surface area contributed by atoms with Gasteiger partial charge in [-0.15, -0.1) is 0 Å². The van der Waals surface area contributed by atoms with Gasteiger partial charge in [-0.3, -0.25) is 0 Å². The lowest BCUT2D eigenvalue weighted by atomic mass is 10.4. The van der Waals surface area contributed by atoms with Gasteiger partial charge in [0.2, 0.25) is 0 Å². The van der Waals surface area contributed by atoms with Crippen LogP contribution in [-0.4, -0.2) is 30.6 Å². The monoisotopic (exact) mass is 194 g/mol. The maximum atomic E-state index is 5.34. The molecule has 68 valence electrons. The Hall–Kier alpha value is 0.620. The number of hydrogen-bond donors (Lipinski definition) is 2. The molecule has 0 aliphatic heterocycles. The molecule has 0 aliphatic rings. The highest BCUT2D eigenvalue weighted by Gasteiger charge is 1.91. The van der Waals surface area contributed by atoms with Gasteiger partial charge < -0.3 is 11.1 Å². The summed E-state index contributed by atoms with van der Waals surface area (Å²) in [6, 6.07) is 0.607. The van der Waals surface area contributed by atoms with Gasteiger partial charge in [0, 0.05) is 30.6 Å². The summed E-state index contributed by atoms with van der Waals surface area (Å²) >= 11 is 0. The molecule has 0 aliphatic carbocycles. The molecule has 2 nitrogen and oxygen atoms in total. The molecule has 3 N–H and O–H groups in total. The van der Waals surface area contributed by atoms with E-state index in [0.29, 0.717) is 6.04 Å². The van der Waals surface area contributed by atoms with Crippen molar-refractivity contribution < 1.29 is 0 Å². The van der Waals surface area contributed by atoms with E-state index in [0.717, 1.165) is 18.8 Å². The van der Waals surface area contributed by atoms with E-state index in [-0.39, 0.29) is 0 Å². The average molecular weight is 194 g/mol. The molecule has 0 heterocycles. The lowest BCUT2D eigenvalue weighted by molar-refractivity contribution is 0.616. The van der Waals surface area contributed by atoms with Crippen LogP contribution < -0.4 is 11.1 Å². The van der Waals surface area contributed by atoms with Gasteiger partial charge in [-0.2, -0.15) is 0 Å². The third-order valence-electron chi connectivity index (χ3n) is 1.02. The Morgan fingerprint density at radius 2 is 1.91 bits per heavy atom. The minimum Gasteiger partial charge on any atom is -0.330 e. The fourth-order valence-electron chi connectivity index (χ4n) is 0.555. The second-order valence-corrected chi connectivity index (χ2v) is 5.24. The molecular formula is C7H18N2S2. The summed E-state index contributed by atoms with van der Waals surface area (Å²) in [7, 11) is 3.75. The molecule has 0 amide bonds. The molecule has 0 rings (SSSR count). The van der Waals surface area contributed by atoms with Crippen LogP contribution >= 0.6 is 21.6 Å². The van der Waals surface area contributed by atoms with Crippen molar-refractivity contribution in [3.8, 4) is 0 Å². The Labute approximate surface area is 77.5 Å². The van der Waals surface area contributed by atoms with Gasteiger partial charge >= 0.3 is 0 Å². The molecule has 0 aromatic rings. The zero-order valence-corrected chi connectivity index (χ0v) is 8.93. The molecule has 0 fully saturated rings. The maximum Gasteiger partial charge on any atom is 0.0162 e. The van der Waals surface area contributed by atoms with Crippen LogP contribution in [0.3, 0.4) is 0 Å². The van der Waals surface area contributed by atoms with Crippen molar-refractivity contribution in [3.63, 3.8) is 0 Å². The van der Waals surface area contributed by atoms with Crippen molar-refractivity contribution in [1.29, 1.82) is 0 Å². The lowest BCUT2D eigenvalue weighted by Gasteiger charge is -2.06. The summed E-state index contributed by atoms with van der Waals surface area (Å²) in [6.45, 7) is 6.21. The first kappa shape index (κ1) is 11.6. The smallest absolute Gasteiger partial charge is 0.0162 e. The molecule has 0 saturated heterocycles. The number of hydrogen-bond acceptors (Lipinski definition) is 4. The highest BCUT2D eigenvalue weighted by molar-refractivity contribution is 8.76. The number of rotatable bonds is 7. The van der Waals surface area contributed by atoms with E-state index >= 15 is 0 Å². The van der Waals surface area contributed by atoms with Crippen molar-refractivity contribution in [3.05, 3.63) is 0 Å². The first-order chi connectivity index (χ1) is 5.27. The van der Waals surface area contributed by atoms with Gasteiger partial charge in [0.05, 0.1) is 0 Å². The van der Waals surface area contributed by atoms with Gasteiger partial charge in [-0.25, -0.2) is 0 Å². The minimum absolute atomic E-state index is 0.607. The zero-order chi connectivity index (χ0) is 8.53. The van der Waals surface area contributed by atoms with Crippen LogP contribution in [0.4, 0.5) is 0 Å². The largest absolute Gasteiger partial charge is 0.330 e. The predicted octanol–water partition coefficient (Wildman–Crippen LogP) is 1.32. The molecular weight excluding hydrogens is 176 g/mol. The van der Waals surface area contributed by atoms with E-state index in [2.05, 4.69) is 19.2 Å². The van der Waals surface area contributed by atoms with E-state index < -0.39 is 0 Å². The molecule has 0 aromatic carbocycles. The van der Waals surface area contributed by atoms with E-state index in [1.807, 2.05) is 21.6 Å². The van der Waals surface area contributed by atoms with Crippen molar-refractivity contribution in [2.24, 2.45) is 5.73 Å².